The summed E-state index contributed by atoms with van der Waals surface area (Å²) < 4.78 is 6.12. The number of piperidine rings is 1. The summed E-state index contributed by atoms with van der Waals surface area (Å²) in [5.74, 6) is 1.62. The largest absolute Gasteiger partial charge is 0.490 e. The molecule has 2 fully saturated rings. The van der Waals surface area contributed by atoms with Crippen molar-refractivity contribution < 1.29 is 14.9 Å². The molecule has 4 nitrogen and oxygen atoms in total. The maximum absolute atomic E-state index is 11.3. The van der Waals surface area contributed by atoms with Gasteiger partial charge in [0.1, 0.15) is 18.0 Å². The van der Waals surface area contributed by atoms with Gasteiger partial charge in [0.2, 0.25) is 0 Å². The molecule has 1 aromatic carbocycles. The maximum atomic E-state index is 11.3. The summed E-state index contributed by atoms with van der Waals surface area (Å²) in [4.78, 5) is 2.41. The lowest BCUT2D eigenvalue weighted by Crippen LogP contribution is -2.62. The van der Waals surface area contributed by atoms with Crippen LogP contribution in [0.4, 0.5) is 0 Å². The number of hydrogen-bond acceptors (Lipinski definition) is 4. The summed E-state index contributed by atoms with van der Waals surface area (Å²) in [6.45, 7) is 14.7. The predicted molar refractivity (Wildman–Crippen MR) is 118 cm³/mol. The Labute approximate surface area is 177 Å². The van der Waals surface area contributed by atoms with Crippen molar-refractivity contribution in [2.24, 2.45) is 11.3 Å². The fourth-order valence-corrected chi connectivity index (χ4v) is 5.20. The van der Waals surface area contributed by atoms with Gasteiger partial charge < -0.3 is 14.9 Å². The molecule has 3 rings (SSSR count). The van der Waals surface area contributed by atoms with Crippen LogP contribution in [0.25, 0.3) is 0 Å². The van der Waals surface area contributed by atoms with Crippen molar-refractivity contribution in [3.05, 3.63) is 28.8 Å². The Hall–Kier alpha value is -1.10. The SMILES string of the molecule is Cc1ccc(C)c(OC[C@@]2(O)CN(C3CCC(C(C)(C)C)CC3)CC[C@@H]2O)c1C. The molecule has 2 atom stereocenters. The van der Waals surface area contributed by atoms with Gasteiger partial charge in [-0.3, -0.25) is 4.90 Å². The van der Waals surface area contributed by atoms with Crippen molar-refractivity contribution in [2.45, 2.75) is 91.4 Å². The van der Waals surface area contributed by atoms with Gasteiger partial charge in [-0.15, -0.1) is 0 Å². The van der Waals surface area contributed by atoms with E-state index in [1.807, 2.05) is 6.92 Å². The van der Waals surface area contributed by atoms with Gasteiger partial charge in [-0.2, -0.15) is 0 Å². The molecule has 0 aromatic heterocycles. The van der Waals surface area contributed by atoms with Crippen LogP contribution in [-0.2, 0) is 0 Å². The second-order valence-corrected chi connectivity index (χ2v) is 10.7. The number of aryl methyl sites for hydroxylation is 2. The van der Waals surface area contributed by atoms with Crippen molar-refractivity contribution in [3.63, 3.8) is 0 Å². The molecule has 0 spiro atoms. The normalized spacial score (nSPS) is 31.7. The number of ether oxygens (including phenoxy) is 1. The average Bonchev–Trinajstić information content (AvgIpc) is 2.67. The summed E-state index contributed by atoms with van der Waals surface area (Å²) in [5.41, 5.74) is 2.51. The molecule has 1 heterocycles. The fraction of sp³-hybridized carbons (Fsp3) is 0.760. The lowest BCUT2D eigenvalue weighted by molar-refractivity contribution is -0.148. The number of β-amino-alcohol motifs (C(OH)–C–C–N with tert-alkyl or cyclic N) is 1. The minimum Gasteiger partial charge on any atom is -0.490 e. The van der Waals surface area contributed by atoms with E-state index in [4.69, 9.17) is 4.74 Å². The van der Waals surface area contributed by atoms with Crippen molar-refractivity contribution in [2.75, 3.05) is 19.7 Å². The van der Waals surface area contributed by atoms with E-state index in [-0.39, 0.29) is 6.61 Å². The standard InChI is InChI=1S/C25H41NO3/c1-17-7-8-18(2)23(19(17)3)29-16-25(28)15-26(14-13-22(25)27)21-11-9-20(10-12-21)24(4,5)6/h7-8,20-22,27-28H,9-16H2,1-6H3/t20?,21?,22-,25-/m0/s1. The first-order valence-electron chi connectivity index (χ1n) is 11.4. The molecule has 2 N–H and O–H groups in total. The zero-order valence-corrected chi connectivity index (χ0v) is 19.3. The summed E-state index contributed by atoms with van der Waals surface area (Å²) >= 11 is 0. The summed E-state index contributed by atoms with van der Waals surface area (Å²) in [6.07, 6.45) is 4.74. The van der Waals surface area contributed by atoms with Crippen LogP contribution in [0.15, 0.2) is 12.1 Å². The van der Waals surface area contributed by atoms with Gasteiger partial charge >= 0.3 is 0 Å². The molecule has 0 bridgehead atoms. The van der Waals surface area contributed by atoms with Gasteiger partial charge in [0.15, 0.2) is 0 Å². The van der Waals surface area contributed by atoms with Crippen LogP contribution in [0.2, 0.25) is 0 Å². The lowest BCUT2D eigenvalue weighted by atomic mass is 9.71. The number of likely N-dealkylation sites (tertiary alicyclic amines) is 1. The van der Waals surface area contributed by atoms with Gasteiger partial charge in [-0.1, -0.05) is 32.9 Å². The zero-order valence-electron chi connectivity index (χ0n) is 19.3. The first-order valence-corrected chi connectivity index (χ1v) is 11.4. The maximum Gasteiger partial charge on any atom is 0.137 e. The zero-order chi connectivity index (χ0) is 21.4. The highest BCUT2D eigenvalue weighted by molar-refractivity contribution is 5.44. The van der Waals surface area contributed by atoms with Crippen LogP contribution in [0.5, 0.6) is 5.75 Å². The van der Waals surface area contributed by atoms with Crippen LogP contribution in [0.1, 0.15) is 69.6 Å². The molecule has 0 amide bonds. The number of rotatable bonds is 4. The Kier molecular flexibility index (Phi) is 6.67. The molecule has 29 heavy (non-hydrogen) atoms. The Bertz CT molecular complexity index is 703. The number of nitrogens with zero attached hydrogens (tertiary/aromatic N) is 1. The topological polar surface area (TPSA) is 52.9 Å². The highest BCUT2D eigenvalue weighted by Gasteiger charge is 2.44. The Morgan fingerprint density at radius 1 is 1.03 bits per heavy atom. The molecular formula is C25H41NO3. The number of aliphatic hydroxyl groups excluding tert-OH is 1. The van der Waals surface area contributed by atoms with Gasteiger partial charge in [-0.25, -0.2) is 0 Å². The molecule has 1 saturated heterocycles. The van der Waals surface area contributed by atoms with E-state index in [0.29, 0.717) is 24.4 Å². The highest BCUT2D eigenvalue weighted by Crippen LogP contribution is 2.40. The molecule has 1 aromatic rings. The van der Waals surface area contributed by atoms with Gasteiger partial charge in [0.25, 0.3) is 0 Å². The van der Waals surface area contributed by atoms with Gasteiger partial charge in [0.05, 0.1) is 6.10 Å². The van der Waals surface area contributed by atoms with Crippen molar-refractivity contribution in [1.82, 2.24) is 4.90 Å². The third kappa shape index (κ3) is 4.98. The molecule has 1 saturated carbocycles. The minimum atomic E-state index is -1.22. The monoisotopic (exact) mass is 403 g/mol. The Morgan fingerprint density at radius 3 is 2.28 bits per heavy atom. The van der Waals surface area contributed by atoms with Crippen molar-refractivity contribution in [3.8, 4) is 5.75 Å². The number of hydrogen-bond donors (Lipinski definition) is 2. The van der Waals surface area contributed by atoms with E-state index >= 15 is 0 Å². The Morgan fingerprint density at radius 2 is 1.66 bits per heavy atom. The van der Waals surface area contributed by atoms with E-state index in [2.05, 4.69) is 51.7 Å². The van der Waals surface area contributed by atoms with E-state index in [9.17, 15) is 10.2 Å². The lowest BCUT2D eigenvalue weighted by Gasteiger charge is -2.48. The molecule has 1 aliphatic carbocycles. The van der Waals surface area contributed by atoms with Crippen LogP contribution < -0.4 is 4.74 Å². The summed E-state index contributed by atoms with van der Waals surface area (Å²) in [7, 11) is 0. The van der Waals surface area contributed by atoms with Crippen LogP contribution >= 0.6 is 0 Å². The number of aliphatic hydroxyl groups is 2. The fourth-order valence-electron chi connectivity index (χ4n) is 5.20. The quantitative estimate of drug-likeness (QED) is 0.783. The average molecular weight is 404 g/mol. The van der Waals surface area contributed by atoms with Gasteiger partial charge in [-0.05, 0) is 80.9 Å². The third-order valence-electron chi connectivity index (χ3n) is 7.56. The third-order valence-corrected chi connectivity index (χ3v) is 7.56. The first kappa shape index (κ1) is 22.6. The highest BCUT2D eigenvalue weighted by atomic mass is 16.5. The second kappa shape index (κ2) is 8.56. The molecule has 2 aliphatic rings. The second-order valence-electron chi connectivity index (χ2n) is 10.7. The molecular weight excluding hydrogens is 362 g/mol. The predicted octanol–water partition coefficient (Wildman–Crippen LogP) is 4.39. The molecule has 0 radical (unpaired) electrons. The van der Waals surface area contributed by atoms with Crippen LogP contribution in [0, 0.1) is 32.1 Å². The molecule has 164 valence electrons. The summed E-state index contributed by atoms with van der Waals surface area (Å²) in [5, 5.41) is 21.9. The van der Waals surface area contributed by atoms with E-state index < -0.39 is 11.7 Å². The molecule has 0 unspecified atom stereocenters. The van der Waals surface area contributed by atoms with Crippen molar-refractivity contribution >= 4 is 0 Å². The smallest absolute Gasteiger partial charge is 0.137 e. The van der Waals surface area contributed by atoms with E-state index in [1.54, 1.807) is 0 Å². The van der Waals surface area contributed by atoms with Crippen molar-refractivity contribution in [1.29, 1.82) is 0 Å². The minimum absolute atomic E-state index is 0.132. The Balaban J connectivity index is 1.64. The van der Waals surface area contributed by atoms with E-state index in [0.717, 1.165) is 29.3 Å². The molecule has 1 aliphatic heterocycles. The molecule has 4 heteroatoms. The first-order chi connectivity index (χ1) is 13.5. The van der Waals surface area contributed by atoms with Crippen LogP contribution in [0.3, 0.4) is 0 Å². The van der Waals surface area contributed by atoms with Gasteiger partial charge in [0, 0.05) is 19.1 Å². The van der Waals surface area contributed by atoms with Crippen LogP contribution in [-0.4, -0.2) is 52.6 Å². The number of benzene rings is 1. The van der Waals surface area contributed by atoms with E-state index in [1.165, 1.54) is 31.2 Å². The summed E-state index contributed by atoms with van der Waals surface area (Å²) in [6, 6.07) is 4.66.